The first-order valence-corrected chi connectivity index (χ1v) is 3.85. The molecule has 0 aliphatic heterocycles. The maximum Gasteiger partial charge on any atom is 0.235 e. The lowest BCUT2D eigenvalue weighted by Crippen LogP contribution is -1.88. The quantitative estimate of drug-likeness (QED) is 0.505. The number of rotatable bonds is 2. The van der Waals surface area contributed by atoms with E-state index < -0.39 is 0 Å². The molecule has 0 amide bonds. The van der Waals surface area contributed by atoms with Crippen molar-refractivity contribution in [2.45, 2.75) is 13.0 Å². The summed E-state index contributed by atoms with van der Waals surface area (Å²) in [4.78, 5) is 13.5. The standard InChI is InChI=1S/C10H8N2O/c1-8(12-7-13)10-4-2-9(6-11)3-5-10/h2-5,8H,1H3/t8-/m0/s1. The maximum absolute atomic E-state index is 9.97. The number of aliphatic imine (C=N–C) groups is 1. The Hall–Kier alpha value is -1.91. The molecule has 1 aromatic rings. The van der Waals surface area contributed by atoms with Crippen molar-refractivity contribution < 1.29 is 4.79 Å². The first-order chi connectivity index (χ1) is 6.27. The van der Waals surface area contributed by atoms with Gasteiger partial charge in [0.05, 0.1) is 17.7 Å². The summed E-state index contributed by atoms with van der Waals surface area (Å²) in [6.45, 7) is 1.80. The van der Waals surface area contributed by atoms with Gasteiger partial charge in [0.1, 0.15) is 0 Å². The lowest BCUT2D eigenvalue weighted by molar-refractivity contribution is 0.559. The fourth-order valence-corrected chi connectivity index (χ4v) is 0.990. The van der Waals surface area contributed by atoms with Gasteiger partial charge in [0.15, 0.2) is 0 Å². The second-order valence-corrected chi connectivity index (χ2v) is 2.63. The van der Waals surface area contributed by atoms with Crippen LogP contribution in [-0.4, -0.2) is 6.08 Å². The summed E-state index contributed by atoms with van der Waals surface area (Å²) in [5.74, 6) is 0. The summed E-state index contributed by atoms with van der Waals surface area (Å²) >= 11 is 0. The molecule has 3 nitrogen and oxygen atoms in total. The largest absolute Gasteiger partial charge is 0.235 e. The molecule has 64 valence electrons. The lowest BCUT2D eigenvalue weighted by Gasteiger charge is -2.02. The van der Waals surface area contributed by atoms with Crippen molar-refractivity contribution in [3.05, 3.63) is 35.4 Å². The maximum atomic E-state index is 9.97. The van der Waals surface area contributed by atoms with E-state index in [9.17, 15) is 4.79 Å². The van der Waals surface area contributed by atoms with Crippen LogP contribution in [0.3, 0.4) is 0 Å². The van der Waals surface area contributed by atoms with E-state index in [0.29, 0.717) is 5.56 Å². The summed E-state index contributed by atoms with van der Waals surface area (Å²) in [7, 11) is 0. The van der Waals surface area contributed by atoms with Crippen LogP contribution in [0.25, 0.3) is 0 Å². The monoisotopic (exact) mass is 172 g/mol. The topological polar surface area (TPSA) is 53.2 Å². The molecule has 0 radical (unpaired) electrons. The molecule has 13 heavy (non-hydrogen) atoms. The predicted molar refractivity (Wildman–Crippen MR) is 47.7 cm³/mol. The number of hydrogen-bond acceptors (Lipinski definition) is 3. The van der Waals surface area contributed by atoms with Crippen LogP contribution in [0.4, 0.5) is 0 Å². The molecule has 0 spiro atoms. The zero-order chi connectivity index (χ0) is 9.68. The third kappa shape index (κ3) is 2.26. The minimum Gasteiger partial charge on any atom is -0.211 e. The number of nitriles is 1. The van der Waals surface area contributed by atoms with Crippen LogP contribution in [0.2, 0.25) is 0 Å². The van der Waals surface area contributed by atoms with Gasteiger partial charge in [0, 0.05) is 0 Å². The number of nitrogens with zero attached hydrogens (tertiary/aromatic N) is 2. The highest BCUT2D eigenvalue weighted by molar-refractivity contribution is 5.37. The Bertz CT molecular complexity index is 369. The molecule has 0 aliphatic rings. The molecule has 0 N–H and O–H groups in total. The lowest BCUT2D eigenvalue weighted by atomic mass is 10.1. The van der Waals surface area contributed by atoms with E-state index in [1.807, 2.05) is 6.07 Å². The van der Waals surface area contributed by atoms with Crippen molar-refractivity contribution in [3.8, 4) is 6.07 Å². The van der Waals surface area contributed by atoms with Crippen molar-refractivity contribution in [2.24, 2.45) is 4.99 Å². The van der Waals surface area contributed by atoms with Gasteiger partial charge in [0.25, 0.3) is 0 Å². The van der Waals surface area contributed by atoms with Crippen LogP contribution >= 0.6 is 0 Å². The molecule has 0 fully saturated rings. The minimum absolute atomic E-state index is 0.190. The highest BCUT2D eigenvalue weighted by Gasteiger charge is 2.01. The molecule has 3 heteroatoms. The highest BCUT2D eigenvalue weighted by atomic mass is 16.1. The summed E-state index contributed by atoms with van der Waals surface area (Å²) in [6, 6.07) is 8.79. The van der Waals surface area contributed by atoms with Crippen LogP contribution in [0.5, 0.6) is 0 Å². The summed E-state index contributed by atoms with van der Waals surface area (Å²) in [6.07, 6.45) is 1.50. The van der Waals surface area contributed by atoms with E-state index in [1.54, 1.807) is 31.2 Å². The van der Waals surface area contributed by atoms with Crippen molar-refractivity contribution in [2.75, 3.05) is 0 Å². The smallest absolute Gasteiger partial charge is 0.211 e. The van der Waals surface area contributed by atoms with Gasteiger partial charge in [-0.15, -0.1) is 0 Å². The number of carbonyl (C=O) groups excluding carboxylic acids is 1. The van der Waals surface area contributed by atoms with Gasteiger partial charge in [-0.1, -0.05) is 12.1 Å². The van der Waals surface area contributed by atoms with Crippen molar-refractivity contribution in [3.63, 3.8) is 0 Å². The Kier molecular flexibility index (Phi) is 2.97. The van der Waals surface area contributed by atoms with Gasteiger partial charge in [-0.3, -0.25) is 0 Å². The molecular weight excluding hydrogens is 164 g/mol. The molecule has 0 aliphatic carbocycles. The van der Waals surface area contributed by atoms with Gasteiger partial charge in [-0.05, 0) is 24.6 Å². The zero-order valence-electron chi connectivity index (χ0n) is 7.19. The van der Waals surface area contributed by atoms with Gasteiger partial charge in [0.2, 0.25) is 6.08 Å². The molecular formula is C10H8N2O. The van der Waals surface area contributed by atoms with Crippen molar-refractivity contribution >= 4 is 6.08 Å². The van der Waals surface area contributed by atoms with Crippen LogP contribution < -0.4 is 0 Å². The number of benzene rings is 1. The van der Waals surface area contributed by atoms with Gasteiger partial charge in [-0.2, -0.15) is 10.3 Å². The minimum atomic E-state index is -0.190. The Labute approximate surface area is 76.3 Å². The fourth-order valence-electron chi connectivity index (χ4n) is 0.990. The average molecular weight is 172 g/mol. The molecule has 0 heterocycles. The van der Waals surface area contributed by atoms with Crippen LogP contribution in [-0.2, 0) is 4.79 Å². The summed E-state index contributed by atoms with van der Waals surface area (Å²) in [5, 5.41) is 8.53. The van der Waals surface area contributed by atoms with E-state index in [4.69, 9.17) is 5.26 Å². The van der Waals surface area contributed by atoms with E-state index in [2.05, 4.69) is 4.99 Å². The highest BCUT2D eigenvalue weighted by Crippen LogP contribution is 2.15. The summed E-state index contributed by atoms with van der Waals surface area (Å²) < 4.78 is 0. The van der Waals surface area contributed by atoms with Gasteiger partial charge in [-0.25, -0.2) is 4.79 Å². The van der Waals surface area contributed by atoms with E-state index in [0.717, 1.165) is 5.56 Å². The Morgan fingerprint density at radius 2 is 2.00 bits per heavy atom. The third-order valence-electron chi connectivity index (χ3n) is 1.77. The molecule has 0 bridgehead atoms. The second-order valence-electron chi connectivity index (χ2n) is 2.63. The van der Waals surface area contributed by atoms with Gasteiger partial charge < -0.3 is 0 Å². The van der Waals surface area contributed by atoms with Crippen molar-refractivity contribution in [1.29, 1.82) is 5.26 Å². The van der Waals surface area contributed by atoms with Gasteiger partial charge >= 0.3 is 0 Å². The SMILES string of the molecule is C[C@H](N=C=O)c1ccc(C#N)cc1. The second kappa shape index (κ2) is 4.20. The third-order valence-corrected chi connectivity index (χ3v) is 1.77. The molecule has 1 aromatic carbocycles. The molecule has 1 rings (SSSR count). The molecule has 0 saturated carbocycles. The normalized spacial score (nSPS) is 11.1. The molecule has 0 aromatic heterocycles. The Morgan fingerprint density at radius 3 is 2.46 bits per heavy atom. The van der Waals surface area contributed by atoms with Crippen molar-refractivity contribution in [1.82, 2.24) is 0 Å². The fraction of sp³-hybridized carbons (Fsp3) is 0.200. The van der Waals surface area contributed by atoms with E-state index in [-0.39, 0.29) is 6.04 Å². The first kappa shape index (κ1) is 9.18. The number of isocyanates is 1. The molecule has 0 unspecified atom stereocenters. The Balaban J connectivity index is 2.93. The zero-order valence-corrected chi connectivity index (χ0v) is 7.19. The molecule has 1 atom stereocenters. The Morgan fingerprint density at radius 1 is 1.38 bits per heavy atom. The summed E-state index contributed by atoms with van der Waals surface area (Å²) in [5.41, 5.74) is 1.51. The average Bonchev–Trinajstić information content (AvgIpc) is 2.18. The number of hydrogen-bond donors (Lipinski definition) is 0. The van der Waals surface area contributed by atoms with Crippen LogP contribution in [0.1, 0.15) is 24.1 Å². The first-order valence-electron chi connectivity index (χ1n) is 3.85. The molecule has 0 saturated heterocycles. The van der Waals surface area contributed by atoms with Crippen LogP contribution in [0, 0.1) is 11.3 Å². The van der Waals surface area contributed by atoms with E-state index >= 15 is 0 Å². The van der Waals surface area contributed by atoms with Crippen LogP contribution in [0.15, 0.2) is 29.3 Å². The van der Waals surface area contributed by atoms with E-state index in [1.165, 1.54) is 6.08 Å². The predicted octanol–water partition coefficient (Wildman–Crippen LogP) is 1.96.